The van der Waals surface area contributed by atoms with E-state index in [0.717, 1.165) is 24.8 Å². The summed E-state index contributed by atoms with van der Waals surface area (Å²) in [7, 11) is -3.44. The number of aryl methyl sites for hydroxylation is 1. The Morgan fingerprint density at radius 3 is 2.60 bits per heavy atom. The van der Waals surface area contributed by atoms with E-state index in [2.05, 4.69) is 0 Å². The van der Waals surface area contributed by atoms with Gasteiger partial charge in [-0.2, -0.15) is 4.31 Å². The van der Waals surface area contributed by atoms with Gasteiger partial charge in [-0.25, -0.2) is 8.42 Å². The monoisotopic (exact) mass is 295 g/mol. The maximum Gasteiger partial charge on any atom is 0.243 e. The van der Waals surface area contributed by atoms with Crippen molar-refractivity contribution in [3.05, 3.63) is 29.8 Å². The summed E-state index contributed by atoms with van der Waals surface area (Å²) in [5.41, 5.74) is 1.05. The van der Waals surface area contributed by atoms with Crippen molar-refractivity contribution in [2.45, 2.75) is 49.6 Å². The lowest BCUT2D eigenvalue weighted by Crippen LogP contribution is -2.45. The molecule has 2 aliphatic rings. The molecule has 0 aromatic heterocycles. The number of sulfonamides is 1. The fourth-order valence-electron chi connectivity index (χ4n) is 3.75. The molecule has 0 amide bonds. The van der Waals surface area contributed by atoms with Crippen molar-refractivity contribution >= 4 is 10.0 Å². The lowest BCUT2D eigenvalue weighted by Gasteiger charge is -2.34. The van der Waals surface area contributed by atoms with E-state index >= 15 is 0 Å². The van der Waals surface area contributed by atoms with Crippen LogP contribution in [0.4, 0.5) is 0 Å². The topological polar surface area (TPSA) is 57.6 Å². The Kier molecular flexibility index (Phi) is 3.60. The lowest BCUT2D eigenvalue weighted by molar-refractivity contribution is 0.186. The molecule has 3 rings (SSSR count). The minimum Gasteiger partial charge on any atom is -0.396 e. The first-order chi connectivity index (χ1) is 9.54. The first kappa shape index (κ1) is 14.0. The van der Waals surface area contributed by atoms with Crippen molar-refractivity contribution in [2.75, 3.05) is 6.61 Å². The number of nitrogens with zero attached hydrogens (tertiary/aromatic N) is 1. The highest BCUT2D eigenvalue weighted by molar-refractivity contribution is 7.89. The third-order valence-electron chi connectivity index (χ3n) is 4.70. The third-order valence-corrected chi connectivity index (χ3v) is 6.69. The van der Waals surface area contributed by atoms with Crippen molar-refractivity contribution in [2.24, 2.45) is 5.92 Å². The van der Waals surface area contributed by atoms with Crippen molar-refractivity contribution in [3.8, 4) is 0 Å². The van der Waals surface area contributed by atoms with Gasteiger partial charge in [0.15, 0.2) is 0 Å². The normalized spacial score (nSPS) is 30.0. The Morgan fingerprint density at radius 1 is 1.25 bits per heavy atom. The van der Waals surface area contributed by atoms with Gasteiger partial charge in [0.25, 0.3) is 0 Å². The third kappa shape index (κ3) is 2.18. The Morgan fingerprint density at radius 2 is 1.95 bits per heavy atom. The largest absolute Gasteiger partial charge is 0.396 e. The minimum atomic E-state index is -3.44. The molecule has 1 aliphatic heterocycles. The van der Waals surface area contributed by atoms with Gasteiger partial charge in [0, 0.05) is 18.7 Å². The summed E-state index contributed by atoms with van der Waals surface area (Å²) in [5, 5.41) is 9.22. The second-order valence-electron chi connectivity index (χ2n) is 5.95. The van der Waals surface area contributed by atoms with Crippen LogP contribution in [0.15, 0.2) is 29.2 Å². The van der Waals surface area contributed by atoms with Crippen LogP contribution >= 0.6 is 0 Å². The van der Waals surface area contributed by atoms with E-state index in [1.54, 1.807) is 16.4 Å². The fraction of sp³-hybridized carbons (Fsp3) is 0.600. The SMILES string of the molecule is Cc1ccc(S(=O)(=O)N2[C@H]3CC[C@H](C3)[C@@H]2CCO)cc1. The Labute approximate surface area is 120 Å². The summed E-state index contributed by atoms with van der Waals surface area (Å²) in [6.45, 7) is 2.00. The van der Waals surface area contributed by atoms with Crippen LogP contribution in [-0.2, 0) is 10.0 Å². The predicted octanol–water partition coefficient (Wildman–Crippen LogP) is 1.92. The van der Waals surface area contributed by atoms with E-state index in [-0.39, 0.29) is 18.7 Å². The second kappa shape index (κ2) is 5.13. The molecule has 1 heterocycles. The molecule has 2 fully saturated rings. The molecule has 20 heavy (non-hydrogen) atoms. The first-order valence-corrected chi connectivity index (χ1v) is 8.69. The van der Waals surface area contributed by atoms with Gasteiger partial charge >= 0.3 is 0 Å². The number of hydrogen-bond acceptors (Lipinski definition) is 3. The highest BCUT2D eigenvalue weighted by Crippen LogP contribution is 2.46. The van der Waals surface area contributed by atoms with E-state index < -0.39 is 10.0 Å². The Bertz CT molecular complexity index is 582. The molecule has 1 aromatic carbocycles. The average molecular weight is 295 g/mol. The van der Waals surface area contributed by atoms with Gasteiger partial charge in [-0.3, -0.25) is 0 Å². The van der Waals surface area contributed by atoms with Crippen LogP contribution in [0.25, 0.3) is 0 Å². The van der Waals surface area contributed by atoms with Gasteiger partial charge < -0.3 is 5.11 Å². The highest BCUT2D eigenvalue weighted by atomic mass is 32.2. The van der Waals surface area contributed by atoms with Gasteiger partial charge in [-0.05, 0) is 50.7 Å². The summed E-state index contributed by atoms with van der Waals surface area (Å²) in [6, 6.07) is 7.15. The summed E-state index contributed by atoms with van der Waals surface area (Å²) in [4.78, 5) is 0.374. The maximum atomic E-state index is 12.9. The molecule has 0 radical (unpaired) electrons. The van der Waals surface area contributed by atoms with Crippen LogP contribution in [0.2, 0.25) is 0 Å². The molecule has 3 atom stereocenters. The Balaban J connectivity index is 1.95. The van der Waals surface area contributed by atoms with Crippen LogP contribution in [0.5, 0.6) is 0 Å². The summed E-state index contributed by atoms with van der Waals surface area (Å²) in [5.74, 6) is 0.423. The molecular weight excluding hydrogens is 274 g/mol. The molecular formula is C15H21NO3S. The van der Waals surface area contributed by atoms with Crippen LogP contribution in [0.3, 0.4) is 0 Å². The average Bonchev–Trinajstić information content (AvgIpc) is 3.00. The molecule has 1 aliphatic carbocycles. The zero-order valence-corrected chi connectivity index (χ0v) is 12.5. The van der Waals surface area contributed by atoms with Crippen molar-refractivity contribution in [1.29, 1.82) is 0 Å². The van der Waals surface area contributed by atoms with E-state index in [0.29, 0.717) is 17.2 Å². The van der Waals surface area contributed by atoms with E-state index in [9.17, 15) is 13.5 Å². The quantitative estimate of drug-likeness (QED) is 0.923. The van der Waals surface area contributed by atoms with Crippen LogP contribution in [0, 0.1) is 12.8 Å². The molecule has 4 nitrogen and oxygen atoms in total. The molecule has 1 N–H and O–H groups in total. The maximum absolute atomic E-state index is 12.9. The number of benzene rings is 1. The number of aliphatic hydroxyl groups excluding tert-OH is 1. The minimum absolute atomic E-state index is 0.0231. The number of hydrogen-bond donors (Lipinski definition) is 1. The zero-order chi connectivity index (χ0) is 14.3. The lowest BCUT2D eigenvalue weighted by atomic mass is 9.98. The number of aliphatic hydroxyl groups is 1. The second-order valence-corrected chi connectivity index (χ2v) is 7.80. The summed E-state index contributed by atoms with van der Waals surface area (Å²) < 4.78 is 27.4. The molecule has 0 unspecified atom stereocenters. The number of piperidine rings is 1. The van der Waals surface area contributed by atoms with Crippen LogP contribution < -0.4 is 0 Å². The summed E-state index contributed by atoms with van der Waals surface area (Å²) >= 11 is 0. The van der Waals surface area contributed by atoms with E-state index in [1.807, 2.05) is 19.1 Å². The van der Waals surface area contributed by atoms with Crippen molar-refractivity contribution < 1.29 is 13.5 Å². The smallest absolute Gasteiger partial charge is 0.243 e. The highest BCUT2D eigenvalue weighted by Gasteiger charge is 2.50. The van der Waals surface area contributed by atoms with Crippen LogP contribution in [0.1, 0.15) is 31.2 Å². The molecule has 110 valence electrons. The molecule has 1 aromatic rings. The van der Waals surface area contributed by atoms with E-state index in [4.69, 9.17) is 0 Å². The molecule has 0 spiro atoms. The standard InChI is InChI=1S/C15H21NO3S/c1-11-2-6-14(7-3-11)20(18,19)16-13-5-4-12(10-13)15(16)8-9-17/h2-3,6-7,12-13,15,17H,4-5,8-10H2,1H3/t12-,13+,15+/m1/s1. The van der Waals surface area contributed by atoms with Gasteiger partial charge in [-0.15, -0.1) is 0 Å². The van der Waals surface area contributed by atoms with E-state index in [1.165, 1.54) is 0 Å². The number of rotatable bonds is 4. The van der Waals surface area contributed by atoms with Gasteiger partial charge in [0.2, 0.25) is 10.0 Å². The van der Waals surface area contributed by atoms with Gasteiger partial charge in [0.1, 0.15) is 0 Å². The zero-order valence-electron chi connectivity index (χ0n) is 11.7. The van der Waals surface area contributed by atoms with Crippen molar-refractivity contribution in [1.82, 2.24) is 4.31 Å². The summed E-state index contributed by atoms with van der Waals surface area (Å²) in [6.07, 6.45) is 3.55. The molecule has 1 saturated heterocycles. The first-order valence-electron chi connectivity index (χ1n) is 7.25. The predicted molar refractivity (Wildman–Crippen MR) is 76.8 cm³/mol. The van der Waals surface area contributed by atoms with Crippen molar-refractivity contribution in [3.63, 3.8) is 0 Å². The molecule has 1 saturated carbocycles. The Hall–Kier alpha value is -0.910. The molecule has 5 heteroatoms. The molecule has 2 bridgehead atoms. The number of fused-ring (bicyclic) bond motifs is 2. The fourth-order valence-corrected chi connectivity index (χ4v) is 5.69. The van der Waals surface area contributed by atoms with Crippen LogP contribution in [-0.4, -0.2) is 36.5 Å². The van der Waals surface area contributed by atoms with Gasteiger partial charge in [-0.1, -0.05) is 17.7 Å². The van der Waals surface area contributed by atoms with Gasteiger partial charge in [0.05, 0.1) is 4.90 Å².